The Labute approximate surface area is 173 Å². The van der Waals surface area contributed by atoms with E-state index in [-0.39, 0.29) is 25.4 Å². The molecule has 0 unspecified atom stereocenters. The standard InChI is InChI=1S/C20H23N5O5/c1-12-7-13(2)25(23-12)11-18(26)21-22-20(28)14-8-19(27)24(10-14)15-3-4-16-17(9-15)30-6-5-29-16/h3-4,7,9,14H,5-6,8,10-11H2,1-2H3,(H,21,26)(H,22,28)/t14-/m0/s1. The van der Waals surface area contributed by atoms with Crippen molar-refractivity contribution in [3.05, 3.63) is 35.7 Å². The van der Waals surface area contributed by atoms with E-state index in [1.165, 1.54) is 0 Å². The maximum Gasteiger partial charge on any atom is 0.260 e. The molecule has 1 aromatic carbocycles. The van der Waals surface area contributed by atoms with Crippen molar-refractivity contribution in [2.45, 2.75) is 26.8 Å². The molecule has 0 saturated carbocycles. The SMILES string of the molecule is Cc1cc(C)n(CC(=O)NNC(=O)[C@H]2CC(=O)N(c3ccc4c(c3)OCCO4)C2)n1. The highest BCUT2D eigenvalue weighted by molar-refractivity contribution is 6.00. The van der Waals surface area contributed by atoms with Crippen LogP contribution in [-0.2, 0) is 20.9 Å². The summed E-state index contributed by atoms with van der Waals surface area (Å²) in [5.41, 5.74) is 7.11. The van der Waals surface area contributed by atoms with Gasteiger partial charge in [0.2, 0.25) is 11.8 Å². The third-order valence-electron chi connectivity index (χ3n) is 5.06. The predicted molar refractivity (Wildman–Crippen MR) is 106 cm³/mol. The number of hydrogen-bond acceptors (Lipinski definition) is 6. The van der Waals surface area contributed by atoms with Crippen LogP contribution in [0.15, 0.2) is 24.3 Å². The molecule has 0 bridgehead atoms. The van der Waals surface area contributed by atoms with E-state index in [9.17, 15) is 14.4 Å². The number of carbonyl (C=O) groups is 3. The van der Waals surface area contributed by atoms with Gasteiger partial charge in [0.15, 0.2) is 11.5 Å². The first-order valence-corrected chi connectivity index (χ1v) is 9.70. The van der Waals surface area contributed by atoms with Gasteiger partial charge in [-0.05, 0) is 32.0 Å². The summed E-state index contributed by atoms with van der Waals surface area (Å²) < 4.78 is 12.6. The Balaban J connectivity index is 1.33. The van der Waals surface area contributed by atoms with Crippen LogP contribution in [0.3, 0.4) is 0 Å². The second-order valence-electron chi connectivity index (χ2n) is 7.36. The zero-order valence-electron chi connectivity index (χ0n) is 16.8. The molecular weight excluding hydrogens is 390 g/mol. The van der Waals surface area contributed by atoms with E-state index in [0.717, 1.165) is 11.4 Å². The van der Waals surface area contributed by atoms with Crippen molar-refractivity contribution in [1.82, 2.24) is 20.6 Å². The minimum Gasteiger partial charge on any atom is -0.486 e. The molecule has 1 atom stereocenters. The molecule has 3 amide bonds. The highest BCUT2D eigenvalue weighted by Crippen LogP contribution is 2.35. The first kappa shape index (κ1) is 19.7. The van der Waals surface area contributed by atoms with Crippen molar-refractivity contribution < 1.29 is 23.9 Å². The molecule has 2 aliphatic heterocycles. The fourth-order valence-electron chi connectivity index (χ4n) is 3.58. The number of carbonyl (C=O) groups excluding carboxylic acids is 3. The minimum absolute atomic E-state index is 0.00707. The van der Waals surface area contributed by atoms with Crippen LogP contribution in [0, 0.1) is 19.8 Å². The summed E-state index contributed by atoms with van der Waals surface area (Å²) >= 11 is 0. The van der Waals surface area contributed by atoms with Gasteiger partial charge in [0.05, 0.1) is 11.6 Å². The number of hydrazine groups is 1. The van der Waals surface area contributed by atoms with Crippen LogP contribution >= 0.6 is 0 Å². The molecule has 4 rings (SSSR count). The monoisotopic (exact) mass is 413 g/mol. The Kier molecular flexibility index (Phi) is 5.30. The fourth-order valence-corrected chi connectivity index (χ4v) is 3.58. The lowest BCUT2D eigenvalue weighted by atomic mass is 10.1. The third kappa shape index (κ3) is 4.07. The molecule has 3 heterocycles. The summed E-state index contributed by atoms with van der Waals surface area (Å²) in [4.78, 5) is 38.5. The van der Waals surface area contributed by atoms with Gasteiger partial charge in [-0.25, -0.2) is 0 Å². The van der Waals surface area contributed by atoms with E-state index >= 15 is 0 Å². The molecule has 0 aliphatic carbocycles. The summed E-state index contributed by atoms with van der Waals surface area (Å²) in [6.45, 7) is 4.84. The molecule has 1 fully saturated rings. The molecule has 0 radical (unpaired) electrons. The first-order chi connectivity index (χ1) is 14.4. The number of nitrogens with zero attached hydrogens (tertiary/aromatic N) is 3. The van der Waals surface area contributed by atoms with Crippen molar-refractivity contribution in [3.63, 3.8) is 0 Å². The number of aryl methyl sites for hydroxylation is 2. The number of fused-ring (bicyclic) bond motifs is 1. The van der Waals surface area contributed by atoms with E-state index < -0.39 is 17.7 Å². The van der Waals surface area contributed by atoms with Crippen molar-refractivity contribution in [3.8, 4) is 11.5 Å². The Bertz CT molecular complexity index is 1000. The molecule has 2 aliphatic rings. The van der Waals surface area contributed by atoms with Crippen molar-refractivity contribution in [1.29, 1.82) is 0 Å². The minimum atomic E-state index is -0.570. The number of aromatic nitrogens is 2. The number of rotatable bonds is 4. The Morgan fingerprint density at radius 3 is 2.63 bits per heavy atom. The first-order valence-electron chi connectivity index (χ1n) is 9.70. The average molecular weight is 413 g/mol. The molecular formula is C20H23N5O5. The lowest BCUT2D eigenvalue weighted by Crippen LogP contribution is -2.46. The van der Waals surface area contributed by atoms with Gasteiger partial charge in [0.1, 0.15) is 19.8 Å². The zero-order valence-corrected chi connectivity index (χ0v) is 16.8. The van der Waals surface area contributed by atoms with Crippen LogP contribution in [0.1, 0.15) is 17.8 Å². The third-order valence-corrected chi connectivity index (χ3v) is 5.06. The lowest BCUT2D eigenvalue weighted by Gasteiger charge is -2.22. The highest BCUT2D eigenvalue weighted by Gasteiger charge is 2.35. The molecule has 2 aromatic rings. The van der Waals surface area contributed by atoms with Gasteiger partial charge >= 0.3 is 0 Å². The van der Waals surface area contributed by atoms with Crippen molar-refractivity contribution >= 4 is 23.4 Å². The van der Waals surface area contributed by atoms with Gasteiger partial charge in [0, 0.05) is 30.4 Å². The summed E-state index contributed by atoms with van der Waals surface area (Å²) in [6, 6.07) is 7.12. The highest BCUT2D eigenvalue weighted by atomic mass is 16.6. The number of benzene rings is 1. The van der Waals surface area contributed by atoms with Crippen molar-refractivity contribution in [2.24, 2.45) is 5.92 Å². The van der Waals surface area contributed by atoms with E-state index in [4.69, 9.17) is 9.47 Å². The van der Waals surface area contributed by atoms with E-state index in [1.54, 1.807) is 27.8 Å². The number of anilines is 1. The predicted octanol–water partition coefficient (Wildman–Crippen LogP) is 0.472. The summed E-state index contributed by atoms with van der Waals surface area (Å²) in [5.74, 6) is -0.333. The molecule has 2 N–H and O–H groups in total. The number of nitrogens with one attached hydrogen (secondary N) is 2. The molecule has 1 saturated heterocycles. The maximum atomic E-state index is 12.5. The number of hydrogen-bond donors (Lipinski definition) is 2. The Morgan fingerprint density at radius 1 is 1.13 bits per heavy atom. The summed E-state index contributed by atoms with van der Waals surface area (Å²) in [6.07, 6.45) is 0.0631. The molecule has 0 spiro atoms. The second kappa shape index (κ2) is 8.05. The smallest absolute Gasteiger partial charge is 0.260 e. The van der Waals surface area contributed by atoms with Crippen LogP contribution in [0.4, 0.5) is 5.69 Å². The Morgan fingerprint density at radius 2 is 1.90 bits per heavy atom. The van der Waals surface area contributed by atoms with E-state index in [1.807, 2.05) is 19.9 Å². The summed E-state index contributed by atoms with van der Waals surface area (Å²) in [7, 11) is 0. The van der Waals surface area contributed by atoms with Crippen LogP contribution in [0.2, 0.25) is 0 Å². The molecule has 10 heteroatoms. The van der Waals surface area contributed by atoms with Gasteiger partial charge in [-0.1, -0.05) is 0 Å². The molecule has 158 valence electrons. The van der Waals surface area contributed by atoms with Crippen molar-refractivity contribution in [2.75, 3.05) is 24.7 Å². The van der Waals surface area contributed by atoms with Crippen LogP contribution in [0.25, 0.3) is 0 Å². The molecule has 30 heavy (non-hydrogen) atoms. The van der Waals surface area contributed by atoms with Gasteiger partial charge in [-0.2, -0.15) is 5.10 Å². The maximum absolute atomic E-state index is 12.5. The number of ether oxygens (including phenoxy) is 2. The van der Waals surface area contributed by atoms with Gasteiger partial charge in [0.25, 0.3) is 5.91 Å². The lowest BCUT2D eigenvalue weighted by molar-refractivity contribution is -0.131. The van der Waals surface area contributed by atoms with E-state index in [2.05, 4.69) is 16.0 Å². The van der Waals surface area contributed by atoms with Crippen LogP contribution in [0.5, 0.6) is 11.5 Å². The van der Waals surface area contributed by atoms with Gasteiger partial charge in [-0.15, -0.1) is 0 Å². The molecule has 10 nitrogen and oxygen atoms in total. The van der Waals surface area contributed by atoms with Crippen LogP contribution in [-0.4, -0.2) is 47.3 Å². The molecule has 1 aromatic heterocycles. The fraction of sp³-hybridized carbons (Fsp3) is 0.400. The average Bonchev–Trinajstić information content (AvgIpc) is 3.27. The van der Waals surface area contributed by atoms with Crippen LogP contribution < -0.4 is 25.2 Å². The normalized spacial score (nSPS) is 17.7. The second-order valence-corrected chi connectivity index (χ2v) is 7.36. The Hall–Kier alpha value is -3.56. The summed E-state index contributed by atoms with van der Waals surface area (Å²) in [5, 5.41) is 4.21. The topological polar surface area (TPSA) is 115 Å². The number of amides is 3. The zero-order chi connectivity index (χ0) is 21.3. The van der Waals surface area contributed by atoms with E-state index in [0.29, 0.717) is 30.4 Å². The largest absolute Gasteiger partial charge is 0.486 e. The quantitative estimate of drug-likeness (QED) is 0.705. The van der Waals surface area contributed by atoms with Gasteiger partial charge in [-0.3, -0.25) is 29.9 Å². The van der Waals surface area contributed by atoms with Gasteiger partial charge < -0.3 is 14.4 Å².